The predicted octanol–water partition coefficient (Wildman–Crippen LogP) is 7.76. The van der Waals surface area contributed by atoms with Crippen LogP contribution in [-0.4, -0.2) is 78.7 Å². The summed E-state index contributed by atoms with van der Waals surface area (Å²) in [4.78, 5) is 28.4. The predicted molar refractivity (Wildman–Crippen MR) is 220 cm³/mol. The van der Waals surface area contributed by atoms with E-state index in [4.69, 9.17) is 4.74 Å². The quantitative estimate of drug-likeness (QED) is 0.157. The van der Waals surface area contributed by atoms with Gasteiger partial charge in [-0.2, -0.15) is 0 Å². The number of amides is 2. The Morgan fingerprint density at radius 3 is 2.36 bits per heavy atom. The topological polar surface area (TPSA) is 94.1 Å². The molecule has 58 heavy (non-hydrogen) atoms. The van der Waals surface area contributed by atoms with Crippen LogP contribution in [0.15, 0.2) is 97.1 Å². The van der Waals surface area contributed by atoms with Crippen LogP contribution < -0.4 is 15.5 Å². The zero-order valence-electron chi connectivity index (χ0n) is 32.8. The molecule has 302 valence electrons. The van der Waals surface area contributed by atoms with Gasteiger partial charge in [0, 0.05) is 49.9 Å². The number of halogens is 2. The number of piperidine rings is 3. The number of ether oxygens (including phenoxy) is 1. The number of anilines is 2. The maximum absolute atomic E-state index is 15.7. The van der Waals surface area contributed by atoms with E-state index in [0.717, 1.165) is 51.7 Å². The first kappa shape index (κ1) is 37.5. The van der Waals surface area contributed by atoms with Crippen molar-refractivity contribution in [1.82, 2.24) is 10.2 Å². The number of alkyl halides is 2. The van der Waals surface area contributed by atoms with Crippen molar-refractivity contribution in [2.45, 2.75) is 86.2 Å². The monoisotopic (exact) mass is 786 g/mol. The number of aromatic hydroxyl groups is 1. The van der Waals surface area contributed by atoms with Gasteiger partial charge in [-0.15, -0.1) is 0 Å². The number of benzene rings is 4. The second-order valence-electron chi connectivity index (χ2n) is 17.9. The van der Waals surface area contributed by atoms with Gasteiger partial charge in [0.25, 0.3) is 5.92 Å². The Hall–Kier alpha value is -4.80. The van der Waals surface area contributed by atoms with E-state index in [1.54, 1.807) is 24.3 Å². The molecule has 4 saturated heterocycles. The molecule has 6 aliphatic rings. The number of rotatable bonds is 8. The van der Waals surface area contributed by atoms with Gasteiger partial charge < -0.3 is 25.0 Å². The molecule has 6 atom stereocenters. The van der Waals surface area contributed by atoms with Gasteiger partial charge in [0.2, 0.25) is 11.8 Å². The Labute approximate surface area is 339 Å². The fourth-order valence-electron chi connectivity index (χ4n) is 11.5. The van der Waals surface area contributed by atoms with Crippen LogP contribution in [-0.2, 0) is 26.2 Å². The third-order valence-corrected chi connectivity index (χ3v) is 14.7. The molecular formula is C48H52F2N4O4. The maximum atomic E-state index is 15.7. The molecule has 3 N–H and O–H groups in total. The minimum Gasteiger partial charge on any atom is -0.508 e. The Balaban J connectivity index is 0.740. The van der Waals surface area contributed by atoms with E-state index in [2.05, 4.69) is 81.1 Å². The van der Waals surface area contributed by atoms with E-state index in [1.165, 1.54) is 27.9 Å². The van der Waals surface area contributed by atoms with Crippen molar-refractivity contribution in [1.29, 1.82) is 0 Å². The summed E-state index contributed by atoms with van der Waals surface area (Å²) >= 11 is 0. The van der Waals surface area contributed by atoms with Crippen molar-refractivity contribution in [3.8, 4) is 5.75 Å². The van der Waals surface area contributed by atoms with Crippen LogP contribution in [0.25, 0.3) is 0 Å². The number of phenols is 1. The van der Waals surface area contributed by atoms with Gasteiger partial charge in [0.1, 0.15) is 11.8 Å². The van der Waals surface area contributed by atoms with E-state index in [9.17, 15) is 14.7 Å². The molecule has 1 spiro atoms. The van der Waals surface area contributed by atoms with E-state index >= 15 is 8.78 Å². The molecule has 4 aromatic rings. The fraction of sp³-hybridized carbons (Fsp3) is 0.458. The molecule has 2 unspecified atom stereocenters. The smallest absolute Gasteiger partial charge is 0.263 e. The average Bonchev–Trinajstić information content (AvgIpc) is 3.49. The number of phenolic OH excluding ortho intramolecular Hbond substituents is 1. The lowest BCUT2D eigenvalue weighted by Gasteiger charge is -2.40. The zero-order valence-corrected chi connectivity index (χ0v) is 32.8. The maximum Gasteiger partial charge on any atom is 0.263 e. The number of hydrogen-bond acceptors (Lipinski definition) is 7. The second-order valence-corrected chi connectivity index (χ2v) is 17.9. The SMILES string of the molecule is O=C1CC[C@H](Nc2ccc(C34CCN(C[C@H]5COC6(CCN(c7ccc([C@@H]8c9ccc(O)cc9CC[C@@H]8c8ccccc8)cc7)CC6)C5)CC3C4(F)F)cc2)C(=O)N1. The molecule has 4 aliphatic heterocycles. The Morgan fingerprint density at radius 2 is 1.62 bits per heavy atom. The zero-order chi connectivity index (χ0) is 39.6. The number of nitrogens with zero attached hydrogens (tertiary/aromatic N) is 2. The number of likely N-dealkylation sites (tertiary alicyclic amines) is 1. The second kappa shape index (κ2) is 14.5. The lowest BCUT2D eigenvalue weighted by atomic mass is 9.69. The van der Waals surface area contributed by atoms with Gasteiger partial charge in [-0.1, -0.05) is 60.7 Å². The van der Waals surface area contributed by atoms with E-state index < -0.39 is 23.3 Å². The largest absolute Gasteiger partial charge is 0.508 e. The summed E-state index contributed by atoms with van der Waals surface area (Å²) in [6, 6.07) is 32.5. The highest BCUT2D eigenvalue weighted by Gasteiger charge is 2.81. The molecule has 4 aromatic carbocycles. The molecule has 10 rings (SSSR count). The first-order valence-corrected chi connectivity index (χ1v) is 21.3. The Kier molecular flexibility index (Phi) is 9.36. The Bertz CT molecular complexity index is 2170. The van der Waals surface area contributed by atoms with Crippen LogP contribution in [0.1, 0.15) is 84.6 Å². The first-order valence-electron chi connectivity index (χ1n) is 21.3. The fourth-order valence-corrected chi connectivity index (χ4v) is 11.5. The lowest BCUT2D eigenvalue weighted by Crippen LogP contribution is -2.47. The molecule has 0 aromatic heterocycles. The number of carbonyl (C=O) groups excluding carboxylic acids is 2. The third kappa shape index (κ3) is 6.56. The molecule has 1 saturated carbocycles. The summed E-state index contributed by atoms with van der Waals surface area (Å²) < 4.78 is 37.9. The summed E-state index contributed by atoms with van der Waals surface area (Å²) in [6.07, 6.45) is 5.99. The molecule has 4 heterocycles. The van der Waals surface area contributed by atoms with Gasteiger partial charge in [0.05, 0.1) is 23.5 Å². The van der Waals surface area contributed by atoms with Gasteiger partial charge in [0.15, 0.2) is 0 Å². The van der Waals surface area contributed by atoms with Crippen molar-refractivity contribution in [3.63, 3.8) is 0 Å². The molecule has 10 heteroatoms. The third-order valence-electron chi connectivity index (χ3n) is 14.7. The van der Waals surface area contributed by atoms with Gasteiger partial charge in [-0.05, 0) is 128 Å². The van der Waals surface area contributed by atoms with Crippen molar-refractivity contribution >= 4 is 23.2 Å². The number of aryl methyl sites for hydroxylation is 1. The molecule has 5 fully saturated rings. The summed E-state index contributed by atoms with van der Waals surface area (Å²) in [5.41, 5.74) is 6.51. The molecule has 2 aliphatic carbocycles. The number of nitrogens with one attached hydrogen (secondary N) is 2. The van der Waals surface area contributed by atoms with Crippen LogP contribution >= 0.6 is 0 Å². The highest BCUT2D eigenvalue weighted by Crippen LogP contribution is 2.70. The highest BCUT2D eigenvalue weighted by atomic mass is 19.3. The van der Waals surface area contributed by atoms with Crippen molar-refractivity contribution < 1.29 is 28.2 Å². The normalized spacial score (nSPS) is 30.0. The van der Waals surface area contributed by atoms with Crippen LogP contribution in [0.5, 0.6) is 5.75 Å². The molecular weight excluding hydrogens is 735 g/mol. The summed E-state index contributed by atoms with van der Waals surface area (Å²) in [7, 11) is 0. The molecule has 0 bridgehead atoms. The van der Waals surface area contributed by atoms with E-state index in [0.29, 0.717) is 61.4 Å². The first-order chi connectivity index (χ1) is 28.1. The van der Waals surface area contributed by atoms with Gasteiger partial charge in [-0.25, -0.2) is 8.78 Å². The number of carbonyl (C=O) groups is 2. The molecule has 8 nitrogen and oxygen atoms in total. The van der Waals surface area contributed by atoms with E-state index in [1.807, 2.05) is 12.1 Å². The standard InChI is InChI=1S/C48H52F2N4O4/c49-48(50)42-29-53(23-22-47(42,48)35-9-11-36(12-10-35)51-41-18-19-43(56)52-45(41)57)28-31-27-46(58-30-31)20-24-54(25-21-46)37-13-6-33(7-14-37)44-39(32-4-2-1-3-5-32)16-8-34-26-38(55)15-17-40(34)44/h1-7,9-15,17,26,31,39,41-42,44,51,55H,8,16,18-25,27-30H2,(H,52,56,57)/t31-,39+,41-,42?,44-,47?/m0/s1. The van der Waals surface area contributed by atoms with Crippen molar-refractivity contribution in [3.05, 3.63) is 125 Å². The average molecular weight is 787 g/mol. The van der Waals surface area contributed by atoms with Gasteiger partial charge in [-0.3, -0.25) is 14.9 Å². The molecule has 2 amide bonds. The number of hydrogen-bond donors (Lipinski definition) is 3. The lowest BCUT2D eigenvalue weighted by molar-refractivity contribution is -0.133. The number of fused-ring (bicyclic) bond motifs is 2. The van der Waals surface area contributed by atoms with Crippen LogP contribution in [0, 0.1) is 11.8 Å². The summed E-state index contributed by atoms with van der Waals surface area (Å²) in [6.45, 7) is 4.34. The molecule has 0 radical (unpaired) electrons. The van der Waals surface area contributed by atoms with Gasteiger partial charge >= 0.3 is 0 Å². The Morgan fingerprint density at radius 1 is 0.845 bits per heavy atom. The van der Waals surface area contributed by atoms with Crippen LogP contribution in [0.4, 0.5) is 20.2 Å². The van der Waals surface area contributed by atoms with Crippen LogP contribution in [0.3, 0.4) is 0 Å². The van der Waals surface area contributed by atoms with Crippen LogP contribution in [0.2, 0.25) is 0 Å². The number of imide groups is 1. The minimum absolute atomic E-state index is 0.145. The summed E-state index contributed by atoms with van der Waals surface area (Å²) in [5.74, 6) is -2.83. The summed E-state index contributed by atoms with van der Waals surface area (Å²) in [5, 5.41) is 15.7. The highest BCUT2D eigenvalue weighted by molar-refractivity contribution is 6.01. The minimum atomic E-state index is -2.76. The van der Waals surface area contributed by atoms with Crippen molar-refractivity contribution in [2.75, 3.05) is 49.5 Å². The van der Waals surface area contributed by atoms with Crippen molar-refractivity contribution in [2.24, 2.45) is 11.8 Å². The van der Waals surface area contributed by atoms with E-state index in [-0.39, 0.29) is 29.8 Å².